The third-order valence-corrected chi connectivity index (χ3v) is 5.16. The third-order valence-electron chi connectivity index (χ3n) is 4.12. The summed E-state index contributed by atoms with van der Waals surface area (Å²) in [7, 11) is 1.23. The molecule has 0 fully saturated rings. The third kappa shape index (κ3) is 4.22. The lowest BCUT2D eigenvalue weighted by molar-refractivity contribution is -0.394. The van der Waals surface area contributed by atoms with E-state index in [2.05, 4.69) is 4.99 Å². The number of aryl methyl sites for hydroxylation is 1. The Morgan fingerprint density at radius 1 is 1.10 bits per heavy atom. The Balaban J connectivity index is 2.18. The number of aromatic nitrogens is 1. The predicted octanol–water partition coefficient (Wildman–Crippen LogP) is 2.74. The summed E-state index contributed by atoms with van der Waals surface area (Å²) in [5, 5.41) is 22.1. The summed E-state index contributed by atoms with van der Waals surface area (Å²) < 4.78 is 6.93. The number of non-ortho nitro benzene ring substituents is 2. The Kier molecular flexibility index (Phi) is 5.69. The van der Waals surface area contributed by atoms with Gasteiger partial charge in [-0.25, -0.2) is 0 Å². The van der Waals surface area contributed by atoms with E-state index in [1.54, 1.807) is 6.07 Å². The van der Waals surface area contributed by atoms with E-state index in [0.717, 1.165) is 39.8 Å². The van der Waals surface area contributed by atoms with Crippen molar-refractivity contribution in [3.63, 3.8) is 0 Å². The molecule has 0 saturated carbocycles. The van der Waals surface area contributed by atoms with Crippen LogP contribution >= 0.6 is 11.3 Å². The van der Waals surface area contributed by atoms with Crippen LogP contribution in [0.5, 0.6) is 0 Å². The second kappa shape index (κ2) is 8.21. The molecule has 30 heavy (non-hydrogen) atoms. The summed E-state index contributed by atoms with van der Waals surface area (Å²) in [6.45, 7) is 1.68. The van der Waals surface area contributed by atoms with Crippen LogP contribution in [-0.4, -0.2) is 33.4 Å². The van der Waals surface area contributed by atoms with E-state index in [9.17, 15) is 29.8 Å². The average molecular weight is 430 g/mol. The number of carbonyl (C=O) groups excluding carboxylic acids is 2. The lowest BCUT2D eigenvalue weighted by Gasteiger charge is -2.04. The fraction of sp³-hybridized carbons (Fsp3) is 0.167. The summed E-state index contributed by atoms with van der Waals surface area (Å²) in [5.74, 6) is -1.47. The molecule has 0 aliphatic rings. The van der Waals surface area contributed by atoms with Crippen LogP contribution < -0.4 is 4.80 Å². The topological polar surface area (TPSA) is 147 Å². The normalized spacial score (nSPS) is 11.5. The number of rotatable bonds is 5. The van der Waals surface area contributed by atoms with Crippen molar-refractivity contribution >= 4 is 44.8 Å². The molecule has 0 spiro atoms. The van der Waals surface area contributed by atoms with E-state index >= 15 is 0 Å². The van der Waals surface area contributed by atoms with Gasteiger partial charge in [-0.15, -0.1) is 0 Å². The van der Waals surface area contributed by atoms with Gasteiger partial charge in [0.15, 0.2) is 4.80 Å². The molecule has 1 aromatic heterocycles. The van der Waals surface area contributed by atoms with Crippen molar-refractivity contribution in [2.24, 2.45) is 4.99 Å². The van der Waals surface area contributed by atoms with E-state index in [4.69, 9.17) is 4.74 Å². The molecule has 0 aliphatic heterocycles. The molecule has 0 bridgehead atoms. The van der Waals surface area contributed by atoms with Crippen LogP contribution in [0.3, 0.4) is 0 Å². The number of benzene rings is 2. The van der Waals surface area contributed by atoms with Crippen molar-refractivity contribution in [3.05, 3.63) is 72.6 Å². The zero-order valence-electron chi connectivity index (χ0n) is 15.7. The number of thiazole rings is 1. The maximum absolute atomic E-state index is 12.7. The van der Waals surface area contributed by atoms with Crippen molar-refractivity contribution in [2.75, 3.05) is 7.11 Å². The molecular formula is C18H14N4O7S. The molecule has 0 saturated heterocycles. The minimum atomic E-state index is -0.913. The summed E-state index contributed by atoms with van der Waals surface area (Å²) in [6.07, 6.45) is 0. The van der Waals surface area contributed by atoms with E-state index < -0.39 is 33.1 Å². The van der Waals surface area contributed by atoms with Crippen LogP contribution in [0, 0.1) is 27.2 Å². The van der Waals surface area contributed by atoms with Gasteiger partial charge in [0.1, 0.15) is 6.54 Å². The molecule has 3 aromatic rings. The number of amides is 1. The largest absolute Gasteiger partial charge is 0.468 e. The molecule has 0 atom stereocenters. The predicted molar refractivity (Wildman–Crippen MR) is 106 cm³/mol. The van der Waals surface area contributed by atoms with Crippen molar-refractivity contribution in [3.8, 4) is 0 Å². The van der Waals surface area contributed by atoms with Crippen molar-refractivity contribution < 1.29 is 24.2 Å². The highest BCUT2D eigenvalue weighted by molar-refractivity contribution is 7.16. The van der Waals surface area contributed by atoms with Crippen LogP contribution in [0.25, 0.3) is 10.2 Å². The van der Waals surface area contributed by atoms with Gasteiger partial charge in [0.25, 0.3) is 17.3 Å². The van der Waals surface area contributed by atoms with Gasteiger partial charge in [-0.1, -0.05) is 17.4 Å². The smallest absolute Gasteiger partial charge is 0.325 e. The zero-order chi connectivity index (χ0) is 22.0. The van der Waals surface area contributed by atoms with E-state index in [1.807, 2.05) is 19.1 Å². The van der Waals surface area contributed by atoms with Gasteiger partial charge in [0, 0.05) is 12.1 Å². The average Bonchev–Trinajstić information content (AvgIpc) is 3.03. The van der Waals surface area contributed by atoms with Gasteiger partial charge in [0.05, 0.1) is 38.8 Å². The van der Waals surface area contributed by atoms with Gasteiger partial charge in [0.2, 0.25) is 0 Å². The number of nitrogens with zero attached hydrogens (tertiary/aromatic N) is 4. The lowest BCUT2D eigenvalue weighted by Crippen LogP contribution is -2.22. The Hall–Kier alpha value is -3.93. The molecular weight excluding hydrogens is 416 g/mol. The van der Waals surface area contributed by atoms with Crippen LogP contribution in [0.2, 0.25) is 0 Å². The van der Waals surface area contributed by atoms with Crippen LogP contribution in [0.4, 0.5) is 11.4 Å². The summed E-state index contributed by atoms with van der Waals surface area (Å²) in [6, 6.07) is 8.05. The summed E-state index contributed by atoms with van der Waals surface area (Å²) in [5.41, 5.74) is 0.0946. The van der Waals surface area contributed by atoms with Crippen LogP contribution in [0.15, 0.2) is 41.4 Å². The fourth-order valence-corrected chi connectivity index (χ4v) is 3.82. The van der Waals surface area contributed by atoms with Crippen LogP contribution in [0.1, 0.15) is 15.9 Å². The SMILES string of the molecule is COC(=O)Cn1c(=NC(=O)c2cc([N+](=O)[O-])cc([N+](=O)[O-])c2)sc2cc(C)ccc21. The van der Waals surface area contributed by atoms with Gasteiger partial charge in [-0.3, -0.25) is 29.8 Å². The number of ether oxygens (including phenoxy) is 1. The van der Waals surface area contributed by atoms with E-state index in [-0.39, 0.29) is 16.9 Å². The second-order valence-electron chi connectivity index (χ2n) is 6.19. The quantitative estimate of drug-likeness (QED) is 0.343. The number of nitro benzene ring substituents is 2. The summed E-state index contributed by atoms with van der Waals surface area (Å²) >= 11 is 1.13. The van der Waals surface area contributed by atoms with Crippen molar-refractivity contribution in [1.29, 1.82) is 0 Å². The van der Waals surface area contributed by atoms with E-state index in [1.165, 1.54) is 11.7 Å². The van der Waals surface area contributed by atoms with Crippen LogP contribution in [-0.2, 0) is 16.1 Å². The first-order valence-corrected chi connectivity index (χ1v) is 9.21. The van der Waals surface area contributed by atoms with Gasteiger partial charge in [-0.05, 0) is 24.6 Å². The standard InChI is InChI=1S/C18H14N4O7S/c1-10-3-4-14-15(5-10)30-18(20(14)9-16(23)29-2)19-17(24)11-6-12(21(25)26)8-13(7-11)22(27)28/h3-8H,9H2,1-2H3. The second-order valence-corrected chi connectivity index (χ2v) is 7.20. The number of fused-ring (bicyclic) bond motifs is 1. The van der Waals surface area contributed by atoms with Crippen molar-refractivity contribution in [2.45, 2.75) is 13.5 Å². The van der Waals surface area contributed by atoms with Gasteiger partial charge in [-0.2, -0.15) is 4.99 Å². The monoisotopic (exact) mass is 430 g/mol. The molecule has 12 heteroatoms. The Labute approximate surface area is 172 Å². The molecule has 0 N–H and O–H groups in total. The van der Waals surface area contributed by atoms with Gasteiger partial charge < -0.3 is 9.30 Å². The van der Waals surface area contributed by atoms with E-state index in [0.29, 0.717) is 5.52 Å². The zero-order valence-corrected chi connectivity index (χ0v) is 16.5. The highest BCUT2D eigenvalue weighted by Gasteiger charge is 2.20. The van der Waals surface area contributed by atoms with Gasteiger partial charge >= 0.3 is 5.97 Å². The molecule has 0 aliphatic carbocycles. The van der Waals surface area contributed by atoms with Crippen molar-refractivity contribution in [1.82, 2.24) is 4.57 Å². The molecule has 2 aromatic carbocycles. The molecule has 0 unspecified atom stereocenters. The Morgan fingerprint density at radius 3 is 2.30 bits per heavy atom. The Bertz CT molecular complexity index is 1240. The number of nitro groups is 2. The number of hydrogen-bond donors (Lipinski definition) is 0. The molecule has 1 amide bonds. The first kappa shape index (κ1) is 20.8. The Morgan fingerprint density at radius 2 is 1.73 bits per heavy atom. The first-order chi connectivity index (χ1) is 14.2. The number of carbonyl (C=O) groups is 2. The number of esters is 1. The minimum absolute atomic E-state index is 0.153. The highest BCUT2D eigenvalue weighted by atomic mass is 32.1. The first-order valence-electron chi connectivity index (χ1n) is 8.39. The summed E-state index contributed by atoms with van der Waals surface area (Å²) in [4.78, 5) is 49.1. The molecule has 1 heterocycles. The number of methoxy groups -OCH3 is 1. The lowest BCUT2D eigenvalue weighted by atomic mass is 10.1. The highest BCUT2D eigenvalue weighted by Crippen LogP contribution is 2.24. The fourth-order valence-electron chi connectivity index (χ4n) is 2.69. The molecule has 0 radical (unpaired) electrons. The maximum atomic E-state index is 12.7. The molecule has 11 nitrogen and oxygen atoms in total. The maximum Gasteiger partial charge on any atom is 0.325 e. The molecule has 154 valence electrons. The molecule has 3 rings (SSSR count). The minimum Gasteiger partial charge on any atom is -0.468 e. The number of hydrogen-bond acceptors (Lipinski definition) is 8.